The maximum atomic E-state index is 12.6. The van der Waals surface area contributed by atoms with Crippen molar-refractivity contribution in [1.82, 2.24) is 9.97 Å². The molecule has 0 saturated heterocycles. The van der Waals surface area contributed by atoms with Gasteiger partial charge in [-0.15, -0.1) is 6.58 Å². The van der Waals surface area contributed by atoms with Gasteiger partial charge in [-0.05, 0) is 26.0 Å². The average Bonchev–Trinajstić information content (AvgIpc) is 2.58. The summed E-state index contributed by atoms with van der Waals surface area (Å²) < 4.78 is 0. The molecule has 5 nitrogen and oxygen atoms in total. The van der Waals surface area contributed by atoms with E-state index in [9.17, 15) is 10.1 Å². The fraction of sp³-hybridized carbons (Fsp3) is 0.222. The number of rotatable bonds is 6. The van der Waals surface area contributed by atoms with Crippen LogP contribution in [0.25, 0.3) is 0 Å². The number of anilines is 1. The molecule has 0 aliphatic rings. The number of para-hydroxylation sites is 1. The van der Waals surface area contributed by atoms with Gasteiger partial charge < -0.3 is 4.90 Å². The minimum absolute atomic E-state index is 0.0658. The molecule has 0 fully saturated rings. The smallest absolute Gasteiger partial charge is 0.237 e. The van der Waals surface area contributed by atoms with Gasteiger partial charge >= 0.3 is 0 Å². The van der Waals surface area contributed by atoms with Gasteiger partial charge in [-0.2, -0.15) is 5.26 Å². The van der Waals surface area contributed by atoms with E-state index in [1.807, 2.05) is 30.3 Å². The van der Waals surface area contributed by atoms with Gasteiger partial charge in [-0.1, -0.05) is 36.0 Å². The first-order valence-corrected chi connectivity index (χ1v) is 8.39. The molecule has 0 N–H and O–H groups in total. The van der Waals surface area contributed by atoms with Crippen LogP contribution in [0, 0.1) is 25.2 Å². The van der Waals surface area contributed by atoms with Crippen molar-refractivity contribution in [2.75, 3.05) is 17.2 Å². The van der Waals surface area contributed by atoms with Crippen LogP contribution in [0.15, 0.2) is 48.0 Å². The molecular formula is C18H18N4OS. The molecule has 0 aliphatic carbocycles. The van der Waals surface area contributed by atoms with Crippen LogP contribution in [0.4, 0.5) is 5.69 Å². The van der Waals surface area contributed by atoms with Gasteiger partial charge in [-0.3, -0.25) is 4.79 Å². The van der Waals surface area contributed by atoms with Crippen LogP contribution in [-0.4, -0.2) is 28.2 Å². The number of aryl methyl sites for hydroxylation is 2. The second kappa shape index (κ2) is 8.27. The van der Waals surface area contributed by atoms with Crippen LogP contribution >= 0.6 is 11.8 Å². The van der Waals surface area contributed by atoms with Crippen LogP contribution in [0.5, 0.6) is 0 Å². The van der Waals surface area contributed by atoms with Gasteiger partial charge in [0.15, 0.2) is 0 Å². The van der Waals surface area contributed by atoms with Gasteiger partial charge in [-0.25, -0.2) is 9.97 Å². The Kier molecular flexibility index (Phi) is 6.10. The Labute approximate surface area is 146 Å². The molecule has 0 radical (unpaired) electrons. The molecule has 0 aliphatic heterocycles. The number of thioether (sulfide) groups is 1. The van der Waals surface area contributed by atoms with Crippen molar-refractivity contribution in [2.45, 2.75) is 18.9 Å². The van der Waals surface area contributed by atoms with E-state index in [4.69, 9.17) is 0 Å². The van der Waals surface area contributed by atoms with Gasteiger partial charge in [0, 0.05) is 12.2 Å². The Morgan fingerprint density at radius 1 is 1.33 bits per heavy atom. The lowest BCUT2D eigenvalue weighted by molar-refractivity contribution is -0.116. The zero-order chi connectivity index (χ0) is 17.5. The van der Waals surface area contributed by atoms with Gasteiger partial charge in [0.2, 0.25) is 5.91 Å². The maximum absolute atomic E-state index is 12.6. The van der Waals surface area contributed by atoms with Crippen LogP contribution in [0.1, 0.15) is 17.1 Å². The maximum Gasteiger partial charge on any atom is 0.237 e. The third kappa shape index (κ3) is 4.21. The van der Waals surface area contributed by atoms with Crippen molar-refractivity contribution in [3.05, 3.63) is 60.1 Å². The zero-order valence-corrected chi connectivity index (χ0v) is 14.5. The van der Waals surface area contributed by atoms with E-state index in [0.29, 0.717) is 28.7 Å². The highest BCUT2D eigenvalue weighted by Gasteiger charge is 2.17. The quantitative estimate of drug-likeness (QED) is 0.459. The first kappa shape index (κ1) is 17.7. The summed E-state index contributed by atoms with van der Waals surface area (Å²) >= 11 is 1.26. The molecular weight excluding hydrogens is 320 g/mol. The number of nitriles is 1. The first-order chi connectivity index (χ1) is 11.6. The van der Waals surface area contributed by atoms with E-state index in [1.54, 1.807) is 24.8 Å². The number of nitrogens with zero attached hydrogens (tertiary/aromatic N) is 4. The lowest BCUT2D eigenvalue weighted by Gasteiger charge is -2.21. The summed E-state index contributed by atoms with van der Waals surface area (Å²) in [7, 11) is 0. The Balaban J connectivity index is 2.17. The van der Waals surface area contributed by atoms with Gasteiger partial charge in [0.05, 0.1) is 11.4 Å². The van der Waals surface area contributed by atoms with Crippen LogP contribution < -0.4 is 4.90 Å². The minimum Gasteiger partial charge on any atom is -0.308 e. The molecule has 24 heavy (non-hydrogen) atoms. The predicted octanol–water partition coefficient (Wildman–Crippen LogP) is 3.28. The molecule has 122 valence electrons. The van der Waals surface area contributed by atoms with Gasteiger partial charge in [0.1, 0.15) is 22.5 Å². The molecule has 0 bridgehead atoms. The molecule has 1 amide bonds. The number of hydrogen-bond acceptors (Lipinski definition) is 5. The molecule has 0 atom stereocenters. The molecule has 0 saturated carbocycles. The Bertz CT molecular complexity index is 784. The van der Waals surface area contributed by atoms with Crippen molar-refractivity contribution in [1.29, 1.82) is 5.26 Å². The number of hydrogen-bond donors (Lipinski definition) is 0. The van der Waals surface area contributed by atoms with E-state index in [1.165, 1.54) is 11.8 Å². The van der Waals surface area contributed by atoms with Crippen molar-refractivity contribution in [3.63, 3.8) is 0 Å². The molecule has 0 spiro atoms. The molecule has 1 aromatic heterocycles. The normalized spacial score (nSPS) is 10.0. The summed E-state index contributed by atoms with van der Waals surface area (Å²) in [6, 6.07) is 11.5. The SMILES string of the molecule is C=CCN(C(=O)CSc1nc(C)nc(C)c1C#N)c1ccccc1. The van der Waals surface area contributed by atoms with Crippen molar-refractivity contribution >= 4 is 23.4 Å². The first-order valence-electron chi connectivity index (χ1n) is 7.41. The molecule has 2 aromatic rings. The lowest BCUT2D eigenvalue weighted by Crippen LogP contribution is -2.32. The molecule has 1 aromatic carbocycles. The lowest BCUT2D eigenvalue weighted by atomic mass is 10.3. The second-order valence-corrected chi connectivity index (χ2v) is 6.03. The number of amides is 1. The fourth-order valence-corrected chi connectivity index (χ4v) is 3.16. The predicted molar refractivity (Wildman–Crippen MR) is 95.9 cm³/mol. The van der Waals surface area contributed by atoms with E-state index < -0.39 is 0 Å². The number of aromatic nitrogens is 2. The summed E-state index contributed by atoms with van der Waals surface area (Å²) in [6.45, 7) is 7.68. The highest BCUT2D eigenvalue weighted by atomic mass is 32.2. The number of carbonyl (C=O) groups is 1. The summed E-state index contributed by atoms with van der Waals surface area (Å²) in [4.78, 5) is 22.7. The number of carbonyl (C=O) groups excluding carboxylic acids is 1. The topological polar surface area (TPSA) is 69.9 Å². The third-order valence-electron chi connectivity index (χ3n) is 3.29. The van der Waals surface area contributed by atoms with Crippen LogP contribution in [0.3, 0.4) is 0 Å². The summed E-state index contributed by atoms with van der Waals surface area (Å²) in [5.74, 6) is 0.712. The monoisotopic (exact) mass is 338 g/mol. The molecule has 6 heteroatoms. The average molecular weight is 338 g/mol. The van der Waals surface area contributed by atoms with Crippen molar-refractivity contribution in [2.24, 2.45) is 0 Å². The summed E-state index contributed by atoms with van der Waals surface area (Å²) in [6.07, 6.45) is 1.69. The Morgan fingerprint density at radius 3 is 2.67 bits per heavy atom. The Morgan fingerprint density at radius 2 is 2.04 bits per heavy atom. The molecule has 1 heterocycles. The summed E-state index contributed by atoms with van der Waals surface area (Å²) in [5.41, 5.74) is 1.87. The van der Waals surface area contributed by atoms with Gasteiger partial charge in [0.25, 0.3) is 0 Å². The Hall–Kier alpha value is -2.65. The van der Waals surface area contributed by atoms with Crippen LogP contribution in [0.2, 0.25) is 0 Å². The van der Waals surface area contributed by atoms with E-state index in [-0.39, 0.29) is 11.7 Å². The summed E-state index contributed by atoms with van der Waals surface area (Å²) in [5, 5.41) is 9.82. The third-order valence-corrected chi connectivity index (χ3v) is 4.25. The van der Waals surface area contributed by atoms with Crippen LogP contribution in [-0.2, 0) is 4.79 Å². The zero-order valence-electron chi connectivity index (χ0n) is 13.7. The number of benzene rings is 1. The van der Waals surface area contributed by atoms with E-state index in [0.717, 1.165) is 5.69 Å². The highest BCUT2D eigenvalue weighted by molar-refractivity contribution is 8.00. The van der Waals surface area contributed by atoms with E-state index in [2.05, 4.69) is 22.6 Å². The molecule has 0 unspecified atom stereocenters. The largest absolute Gasteiger partial charge is 0.308 e. The van der Waals surface area contributed by atoms with E-state index >= 15 is 0 Å². The molecule has 2 rings (SSSR count). The standard InChI is InChI=1S/C18H18N4OS/c1-4-10-22(15-8-6-5-7-9-15)17(23)12-24-18-16(11-19)13(2)20-14(3)21-18/h4-9H,1,10,12H2,2-3H3. The van der Waals surface area contributed by atoms with Crippen molar-refractivity contribution in [3.8, 4) is 6.07 Å². The second-order valence-electron chi connectivity index (χ2n) is 5.07. The highest BCUT2D eigenvalue weighted by Crippen LogP contribution is 2.23. The minimum atomic E-state index is -0.0658. The fourth-order valence-electron chi connectivity index (χ4n) is 2.21. The van der Waals surface area contributed by atoms with Crippen molar-refractivity contribution < 1.29 is 4.79 Å².